The van der Waals surface area contributed by atoms with Gasteiger partial charge in [-0.2, -0.15) is 5.10 Å². The molecule has 126 valence electrons. The summed E-state index contributed by atoms with van der Waals surface area (Å²) in [7, 11) is 0. The average molecular weight is 422 g/mol. The second kappa shape index (κ2) is 6.16. The van der Waals surface area contributed by atoms with Gasteiger partial charge in [-0.1, -0.05) is 27.5 Å². The third-order valence-electron chi connectivity index (χ3n) is 4.00. The molecule has 0 fully saturated rings. The number of H-pyrrole nitrogens is 1. The Balaban J connectivity index is 1.88. The lowest BCUT2D eigenvalue weighted by molar-refractivity contribution is 0.0960. The van der Waals surface area contributed by atoms with Gasteiger partial charge in [0, 0.05) is 38.1 Å². The number of fused-ring (bicyclic) bond motifs is 1. The van der Waals surface area contributed by atoms with Crippen molar-refractivity contribution in [3.8, 4) is 0 Å². The molecule has 2 heterocycles. The van der Waals surface area contributed by atoms with Gasteiger partial charge in [-0.3, -0.25) is 9.89 Å². The highest BCUT2D eigenvalue weighted by molar-refractivity contribution is 9.10. The van der Waals surface area contributed by atoms with Gasteiger partial charge in [-0.05, 0) is 30.3 Å². The molecule has 5 nitrogen and oxygen atoms in total. The van der Waals surface area contributed by atoms with Gasteiger partial charge >= 0.3 is 0 Å². The molecule has 1 amide bonds. The molecule has 1 aliphatic heterocycles. The summed E-state index contributed by atoms with van der Waals surface area (Å²) in [6.07, 6.45) is 3.32. The van der Waals surface area contributed by atoms with Crippen LogP contribution in [0, 0.1) is 5.82 Å². The van der Waals surface area contributed by atoms with E-state index in [1.165, 1.54) is 18.2 Å². The van der Waals surface area contributed by atoms with Gasteiger partial charge in [0.05, 0.1) is 17.9 Å². The Morgan fingerprint density at radius 1 is 1.28 bits per heavy atom. The minimum Gasteiger partial charge on any atom is -0.353 e. The number of amides is 1. The standard InChI is InChI=1S/C17H11BrClFN4O/c18-8-3-12-15(14(4-8)23-10-6-21-22-7-10)16(24-17(12)25)11-5-9(20)1-2-13(11)19/h1-7,16,23H,(H,21,22)(H,24,25)/t16-/m1/s1. The number of rotatable bonds is 3. The zero-order valence-electron chi connectivity index (χ0n) is 12.6. The fourth-order valence-electron chi connectivity index (χ4n) is 2.95. The summed E-state index contributed by atoms with van der Waals surface area (Å²) < 4.78 is 14.5. The van der Waals surface area contributed by atoms with E-state index in [0.717, 1.165) is 10.2 Å². The first-order chi connectivity index (χ1) is 12.0. The van der Waals surface area contributed by atoms with Crippen LogP contribution in [0.4, 0.5) is 15.8 Å². The van der Waals surface area contributed by atoms with Gasteiger partial charge in [0.1, 0.15) is 5.82 Å². The molecule has 25 heavy (non-hydrogen) atoms. The summed E-state index contributed by atoms with van der Waals surface area (Å²) in [5.41, 5.74) is 3.16. The molecular formula is C17H11BrClFN4O. The number of aromatic nitrogens is 2. The first-order valence-electron chi connectivity index (χ1n) is 7.38. The lowest BCUT2D eigenvalue weighted by atomic mass is 9.96. The van der Waals surface area contributed by atoms with Crippen molar-refractivity contribution in [1.29, 1.82) is 0 Å². The summed E-state index contributed by atoms with van der Waals surface area (Å²) in [4.78, 5) is 12.4. The van der Waals surface area contributed by atoms with Crippen molar-refractivity contribution in [1.82, 2.24) is 15.5 Å². The summed E-state index contributed by atoms with van der Waals surface area (Å²) in [6.45, 7) is 0. The number of carbonyl (C=O) groups excluding carboxylic acids is 1. The first-order valence-corrected chi connectivity index (χ1v) is 8.55. The largest absolute Gasteiger partial charge is 0.353 e. The van der Waals surface area contributed by atoms with Crippen molar-refractivity contribution >= 4 is 44.8 Å². The van der Waals surface area contributed by atoms with E-state index in [-0.39, 0.29) is 5.91 Å². The predicted molar refractivity (Wildman–Crippen MR) is 96.7 cm³/mol. The Hall–Kier alpha value is -2.38. The van der Waals surface area contributed by atoms with Crippen molar-refractivity contribution in [3.63, 3.8) is 0 Å². The zero-order valence-corrected chi connectivity index (χ0v) is 15.0. The highest BCUT2D eigenvalue weighted by Gasteiger charge is 2.34. The smallest absolute Gasteiger partial charge is 0.252 e. The molecule has 1 aliphatic rings. The highest BCUT2D eigenvalue weighted by Crippen LogP contribution is 2.41. The van der Waals surface area contributed by atoms with Crippen molar-refractivity contribution < 1.29 is 9.18 Å². The molecule has 3 N–H and O–H groups in total. The Labute approximate surface area is 155 Å². The van der Waals surface area contributed by atoms with Crippen LogP contribution in [0.2, 0.25) is 5.02 Å². The lowest BCUT2D eigenvalue weighted by Crippen LogP contribution is -2.20. The second-order valence-corrected chi connectivity index (χ2v) is 6.92. The van der Waals surface area contributed by atoms with Crippen LogP contribution in [0.15, 0.2) is 47.2 Å². The molecule has 0 spiro atoms. The number of anilines is 2. The molecule has 0 unspecified atom stereocenters. The fourth-order valence-corrected chi connectivity index (χ4v) is 3.63. The van der Waals surface area contributed by atoms with Crippen molar-refractivity contribution in [2.75, 3.05) is 5.32 Å². The summed E-state index contributed by atoms with van der Waals surface area (Å²) >= 11 is 9.67. The van der Waals surface area contributed by atoms with Crippen LogP contribution in [-0.2, 0) is 0 Å². The highest BCUT2D eigenvalue weighted by atomic mass is 79.9. The molecule has 2 aromatic carbocycles. The third-order valence-corrected chi connectivity index (χ3v) is 4.80. The number of nitrogens with zero attached hydrogens (tertiary/aromatic N) is 1. The van der Waals surface area contributed by atoms with Gasteiger partial charge in [-0.25, -0.2) is 4.39 Å². The minimum atomic E-state index is -0.548. The normalized spacial score (nSPS) is 15.8. The minimum absolute atomic E-state index is 0.239. The molecule has 1 atom stereocenters. The predicted octanol–water partition coefficient (Wildman–Crippen LogP) is 4.54. The maximum atomic E-state index is 13.7. The van der Waals surface area contributed by atoms with Gasteiger partial charge in [0.15, 0.2) is 0 Å². The Morgan fingerprint density at radius 3 is 2.88 bits per heavy atom. The fraction of sp³-hybridized carbons (Fsp3) is 0.0588. The molecule has 8 heteroatoms. The SMILES string of the molecule is O=C1N[C@H](c2cc(F)ccc2Cl)c2c(Nc3cn[nH]c3)cc(Br)cc21. The van der Waals surface area contributed by atoms with E-state index < -0.39 is 11.9 Å². The van der Waals surface area contributed by atoms with Crippen LogP contribution < -0.4 is 10.6 Å². The van der Waals surface area contributed by atoms with E-state index in [2.05, 4.69) is 36.8 Å². The van der Waals surface area contributed by atoms with Gasteiger partial charge in [0.25, 0.3) is 5.91 Å². The van der Waals surface area contributed by atoms with Crippen LogP contribution in [0.1, 0.15) is 27.5 Å². The summed E-state index contributed by atoms with van der Waals surface area (Å²) in [5.74, 6) is -0.652. The van der Waals surface area contributed by atoms with Crippen molar-refractivity contribution in [2.24, 2.45) is 0 Å². The van der Waals surface area contributed by atoms with E-state index in [1.807, 2.05) is 6.07 Å². The van der Waals surface area contributed by atoms with E-state index in [4.69, 9.17) is 11.6 Å². The topological polar surface area (TPSA) is 69.8 Å². The number of benzene rings is 2. The molecule has 0 saturated carbocycles. The molecule has 0 radical (unpaired) electrons. The van der Waals surface area contributed by atoms with E-state index in [9.17, 15) is 9.18 Å². The maximum absolute atomic E-state index is 13.7. The molecule has 1 aromatic heterocycles. The van der Waals surface area contributed by atoms with E-state index in [1.54, 1.807) is 18.5 Å². The van der Waals surface area contributed by atoms with E-state index in [0.29, 0.717) is 27.4 Å². The lowest BCUT2D eigenvalue weighted by Gasteiger charge is -2.18. The number of halogens is 3. The monoisotopic (exact) mass is 420 g/mol. The number of hydrogen-bond donors (Lipinski definition) is 3. The van der Waals surface area contributed by atoms with Crippen LogP contribution in [0.3, 0.4) is 0 Å². The summed E-state index contributed by atoms with van der Waals surface area (Å²) in [5, 5.41) is 13.1. The number of carbonyl (C=O) groups is 1. The summed E-state index contributed by atoms with van der Waals surface area (Å²) in [6, 6.07) is 7.15. The van der Waals surface area contributed by atoms with Crippen molar-refractivity contribution in [3.05, 3.63) is 74.7 Å². The number of hydrogen-bond acceptors (Lipinski definition) is 3. The van der Waals surface area contributed by atoms with Gasteiger partial charge in [0.2, 0.25) is 0 Å². The molecule has 0 bridgehead atoms. The van der Waals surface area contributed by atoms with Crippen LogP contribution in [0.25, 0.3) is 0 Å². The average Bonchev–Trinajstić information content (AvgIpc) is 3.18. The van der Waals surface area contributed by atoms with Crippen LogP contribution >= 0.6 is 27.5 Å². The third kappa shape index (κ3) is 2.89. The Morgan fingerprint density at radius 2 is 2.12 bits per heavy atom. The molecule has 0 saturated heterocycles. The van der Waals surface area contributed by atoms with E-state index >= 15 is 0 Å². The van der Waals surface area contributed by atoms with Crippen LogP contribution in [0.5, 0.6) is 0 Å². The number of aromatic amines is 1. The molecule has 3 aromatic rings. The Bertz CT molecular complexity index is 977. The quantitative estimate of drug-likeness (QED) is 0.581. The number of nitrogens with one attached hydrogen (secondary N) is 3. The van der Waals surface area contributed by atoms with Gasteiger partial charge in [-0.15, -0.1) is 0 Å². The molecular weight excluding hydrogens is 411 g/mol. The molecule has 0 aliphatic carbocycles. The maximum Gasteiger partial charge on any atom is 0.252 e. The second-order valence-electron chi connectivity index (χ2n) is 5.60. The van der Waals surface area contributed by atoms with Crippen molar-refractivity contribution in [2.45, 2.75) is 6.04 Å². The Kier molecular flexibility index (Phi) is 3.97. The van der Waals surface area contributed by atoms with Gasteiger partial charge < -0.3 is 10.6 Å². The zero-order chi connectivity index (χ0) is 17.6. The first kappa shape index (κ1) is 16.1. The van der Waals surface area contributed by atoms with Crippen LogP contribution in [-0.4, -0.2) is 16.1 Å². The molecule has 4 rings (SSSR count).